The zero-order chi connectivity index (χ0) is 12.4. The van der Waals surface area contributed by atoms with Crippen LogP contribution in [0.2, 0.25) is 0 Å². The number of ether oxygens (including phenoxy) is 1. The first-order valence-electron chi connectivity index (χ1n) is 5.33. The number of nitrogens with one attached hydrogen (secondary N) is 1. The predicted octanol–water partition coefficient (Wildman–Crippen LogP) is 1.90. The molecule has 1 heterocycles. The number of hydrogen-bond donors (Lipinski definition) is 1. The summed E-state index contributed by atoms with van der Waals surface area (Å²) in [6, 6.07) is 7.27. The molecule has 0 radical (unpaired) electrons. The normalized spacial score (nSPS) is 10.5. The molecule has 4 nitrogen and oxygen atoms in total. The van der Waals surface area contributed by atoms with Gasteiger partial charge in [0.2, 0.25) is 0 Å². The second-order valence-corrected chi connectivity index (χ2v) is 3.88. The van der Waals surface area contributed by atoms with Gasteiger partial charge in [-0.15, -0.1) is 0 Å². The van der Waals surface area contributed by atoms with E-state index in [1.165, 1.54) is 6.92 Å². The number of H-pyrrole nitrogens is 1. The molecular weight excluding hydrogens is 218 g/mol. The average Bonchev–Trinajstić information content (AvgIpc) is 2.28. The monoisotopic (exact) mass is 231 g/mol. The third-order valence-electron chi connectivity index (χ3n) is 2.64. The van der Waals surface area contributed by atoms with E-state index >= 15 is 0 Å². The van der Waals surface area contributed by atoms with Gasteiger partial charge in [0.1, 0.15) is 6.61 Å². The average molecular weight is 231 g/mol. The van der Waals surface area contributed by atoms with Gasteiger partial charge in [-0.1, -0.05) is 12.1 Å². The molecule has 0 saturated heterocycles. The summed E-state index contributed by atoms with van der Waals surface area (Å²) in [5, 5.41) is 0.611. The van der Waals surface area contributed by atoms with Crippen LogP contribution in [-0.4, -0.2) is 11.0 Å². The summed E-state index contributed by atoms with van der Waals surface area (Å²) in [6.07, 6.45) is 0. The Kier molecular flexibility index (Phi) is 2.95. The Morgan fingerprint density at radius 1 is 1.35 bits per heavy atom. The van der Waals surface area contributed by atoms with Crippen LogP contribution >= 0.6 is 0 Å². The minimum Gasteiger partial charge on any atom is -0.461 e. The summed E-state index contributed by atoms with van der Waals surface area (Å²) in [6.45, 7) is 3.14. The highest BCUT2D eigenvalue weighted by Gasteiger charge is 2.09. The summed E-state index contributed by atoms with van der Waals surface area (Å²) < 4.78 is 4.88. The van der Waals surface area contributed by atoms with Crippen LogP contribution in [0.4, 0.5) is 0 Å². The number of aromatic amines is 1. The highest BCUT2D eigenvalue weighted by Crippen LogP contribution is 2.11. The van der Waals surface area contributed by atoms with Crippen molar-refractivity contribution in [2.75, 3.05) is 0 Å². The third kappa shape index (κ3) is 2.20. The van der Waals surface area contributed by atoms with Crippen molar-refractivity contribution in [1.82, 2.24) is 4.98 Å². The third-order valence-corrected chi connectivity index (χ3v) is 2.64. The van der Waals surface area contributed by atoms with E-state index in [2.05, 4.69) is 4.98 Å². The lowest BCUT2D eigenvalue weighted by Gasteiger charge is -2.07. The van der Waals surface area contributed by atoms with Crippen LogP contribution in [0, 0.1) is 6.92 Å². The molecule has 1 aromatic heterocycles. The maximum absolute atomic E-state index is 12.2. The number of carbonyl (C=O) groups excluding carboxylic acids is 1. The number of carbonyl (C=O) groups is 1. The van der Waals surface area contributed by atoms with Gasteiger partial charge in [-0.05, 0) is 19.1 Å². The van der Waals surface area contributed by atoms with Crippen molar-refractivity contribution in [1.29, 1.82) is 0 Å². The van der Waals surface area contributed by atoms with E-state index in [-0.39, 0.29) is 12.0 Å². The highest BCUT2D eigenvalue weighted by molar-refractivity contribution is 5.79. The lowest BCUT2D eigenvalue weighted by atomic mass is 10.1. The number of esters is 1. The molecule has 0 fully saturated rings. The molecule has 1 N–H and O–H groups in total. The Bertz CT molecular complexity index is 628. The fraction of sp³-hybridized carbons (Fsp3) is 0.231. The molecular formula is C13H13NO3. The van der Waals surface area contributed by atoms with E-state index in [4.69, 9.17) is 4.74 Å². The zero-order valence-corrected chi connectivity index (χ0v) is 9.74. The van der Waals surface area contributed by atoms with Crippen LogP contribution < -0.4 is 5.43 Å². The van der Waals surface area contributed by atoms with Crippen molar-refractivity contribution >= 4 is 16.9 Å². The van der Waals surface area contributed by atoms with Gasteiger partial charge in [-0.3, -0.25) is 9.59 Å². The Labute approximate surface area is 98.2 Å². The molecule has 0 bridgehead atoms. The van der Waals surface area contributed by atoms with E-state index in [9.17, 15) is 9.59 Å². The lowest BCUT2D eigenvalue weighted by Crippen LogP contribution is -2.15. The number of para-hydroxylation sites is 1. The van der Waals surface area contributed by atoms with Gasteiger partial charge in [-0.25, -0.2) is 0 Å². The quantitative estimate of drug-likeness (QED) is 0.803. The Balaban J connectivity index is 2.56. The summed E-state index contributed by atoms with van der Waals surface area (Å²) in [4.78, 5) is 26.1. The number of fused-ring (bicyclic) bond motifs is 1. The number of benzene rings is 1. The van der Waals surface area contributed by atoms with Gasteiger partial charge >= 0.3 is 5.97 Å². The molecule has 0 atom stereocenters. The molecule has 0 aliphatic heterocycles. The van der Waals surface area contributed by atoms with Gasteiger partial charge in [0.05, 0.1) is 5.56 Å². The van der Waals surface area contributed by atoms with E-state index in [0.717, 1.165) is 11.2 Å². The number of pyridine rings is 1. The van der Waals surface area contributed by atoms with E-state index in [1.807, 2.05) is 18.2 Å². The first kappa shape index (κ1) is 11.4. The molecule has 17 heavy (non-hydrogen) atoms. The van der Waals surface area contributed by atoms with Crippen LogP contribution in [0.3, 0.4) is 0 Å². The second kappa shape index (κ2) is 4.41. The fourth-order valence-electron chi connectivity index (χ4n) is 1.75. The molecule has 0 spiro atoms. The van der Waals surface area contributed by atoms with Crippen molar-refractivity contribution in [3.63, 3.8) is 0 Å². The van der Waals surface area contributed by atoms with Crippen LogP contribution in [0.15, 0.2) is 29.1 Å². The maximum atomic E-state index is 12.2. The van der Waals surface area contributed by atoms with Crippen LogP contribution in [0.5, 0.6) is 0 Å². The second-order valence-electron chi connectivity index (χ2n) is 3.88. The molecule has 4 heteroatoms. The molecule has 0 aliphatic carbocycles. The molecule has 1 aromatic carbocycles. The summed E-state index contributed by atoms with van der Waals surface area (Å²) in [5.74, 6) is -0.392. The molecule has 0 unspecified atom stereocenters. The van der Waals surface area contributed by atoms with Crippen LogP contribution in [-0.2, 0) is 16.1 Å². The Morgan fingerprint density at radius 2 is 2.06 bits per heavy atom. The summed E-state index contributed by atoms with van der Waals surface area (Å²) >= 11 is 0. The van der Waals surface area contributed by atoms with Gasteiger partial charge in [0.15, 0.2) is 5.43 Å². The minimum atomic E-state index is -0.392. The molecule has 2 rings (SSSR count). The zero-order valence-electron chi connectivity index (χ0n) is 9.74. The summed E-state index contributed by atoms with van der Waals surface area (Å²) in [7, 11) is 0. The first-order chi connectivity index (χ1) is 8.09. The predicted molar refractivity (Wildman–Crippen MR) is 64.8 cm³/mol. The van der Waals surface area contributed by atoms with Crippen molar-refractivity contribution in [3.05, 3.63) is 45.7 Å². The van der Waals surface area contributed by atoms with E-state index in [0.29, 0.717) is 10.9 Å². The lowest BCUT2D eigenvalue weighted by molar-refractivity contribution is -0.142. The van der Waals surface area contributed by atoms with Crippen LogP contribution in [0.1, 0.15) is 18.2 Å². The van der Waals surface area contributed by atoms with E-state index < -0.39 is 5.97 Å². The van der Waals surface area contributed by atoms with Crippen molar-refractivity contribution in [2.24, 2.45) is 0 Å². The Hall–Kier alpha value is -2.10. The molecule has 88 valence electrons. The van der Waals surface area contributed by atoms with Gasteiger partial charge in [0.25, 0.3) is 0 Å². The smallest absolute Gasteiger partial charge is 0.302 e. The van der Waals surface area contributed by atoms with Crippen LogP contribution in [0.25, 0.3) is 10.9 Å². The first-order valence-corrected chi connectivity index (χ1v) is 5.33. The van der Waals surface area contributed by atoms with Crippen molar-refractivity contribution in [2.45, 2.75) is 20.5 Å². The van der Waals surface area contributed by atoms with Gasteiger partial charge < -0.3 is 9.72 Å². The number of hydrogen-bond acceptors (Lipinski definition) is 3. The molecule has 2 aromatic rings. The number of aromatic nitrogens is 1. The van der Waals surface area contributed by atoms with Gasteiger partial charge in [0, 0.05) is 23.5 Å². The molecule has 0 aliphatic rings. The molecule has 0 saturated carbocycles. The SMILES string of the molecule is CC(=O)OCc1c(C)[nH]c2ccccc2c1=O. The molecule has 0 amide bonds. The van der Waals surface area contributed by atoms with Crippen molar-refractivity contribution in [3.8, 4) is 0 Å². The van der Waals surface area contributed by atoms with E-state index in [1.54, 1.807) is 13.0 Å². The van der Waals surface area contributed by atoms with Crippen molar-refractivity contribution < 1.29 is 9.53 Å². The standard InChI is InChI=1S/C13H13NO3/c1-8-11(7-17-9(2)15)13(16)10-5-3-4-6-12(10)14-8/h3-6H,7H2,1-2H3,(H,14,16). The highest BCUT2D eigenvalue weighted by atomic mass is 16.5. The minimum absolute atomic E-state index is 0.0152. The fourth-order valence-corrected chi connectivity index (χ4v) is 1.75. The summed E-state index contributed by atoms with van der Waals surface area (Å²) in [5.41, 5.74) is 1.94. The number of aryl methyl sites for hydroxylation is 1. The number of rotatable bonds is 2. The maximum Gasteiger partial charge on any atom is 0.302 e. The van der Waals surface area contributed by atoms with Gasteiger partial charge in [-0.2, -0.15) is 0 Å². The topological polar surface area (TPSA) is 59.2 Å². The Morgan fingerprint density at radius 3 is 2.76 bits per heavy atom. The largest absolute Gasteiger partial charge is 0.461 e.